The average molecular weight is 493 g/mol. The number of methoxy groups -OCH3 is 2. The summed E-state index contributed by atoms with van der Waals surface area (Å²) in [5, 5.41) is 0. The van der Waals surface area contributed by atoms with Crippen LogP contribution in [0.1, 0.15) is 50.0 Å². The van der Waals surface area contributed by atoms with E-state index in [4.69, 9.17) is 9.47 Å². The molecule has 0 amide bonds. The van der Waals surface area contributed by atoms with Gasteiger partial charge in [-0.3, -0.25) is 9.59 Å². The number of carbonyl (C=O) groups is 2. The van der Waals surface area contributed by atoms with Crippen molar-refractivity contribution >= 4 is 34.2 Å². The third kappa shape index (κ3) is 2.96. The molecule has 0 aromatic heterocycles. The number of hydrogen-bond donors (Lipinski definition) is 0. The number of rotatable bonds is 3. The van der Waals surface area contributed by atoms with E-state index >= 15 is 0 Å². The van der Waals surface area contributed by atoms with E-state index in [1.54, 1.807) is 14.2 Å². The Kier molecular flexibility index (Phi) is 5.24. The second-order valence-corrected chi connectivity index (χ2v) is 8.67. The maximum absolute atomic E-state index is 13.0. The van der Waals surface area contributed by atoms with Gasteiger partial charge in [0.25, 0.3) is 0 Å². The maximum Gasteiger partial charge on any atom is 0.174 e. The third-order valence-electron chi connectivity index (χ3n) is 6.03. The number of benzene rings is 1. The Labute approximate surface area is 178 Å². The number of ketones is 2. The fourth-order valence-corrected chi connectivity index (χ4v) is 5.64. The van der Waals surface area contributed by atoms with Crippen LogP contribution in [-0.2, 0) is 9.59 Å². The van der Waals surface area contributed by atoms with E-state index < -0.39 is 0 Å². The molecule has 6 heteroatoms. The van der Waals surface area contributed by atoms with Crippen LogP contribution in [0, 0.1) is 3.57 Å². The van der Waals surface area contributed by atoms with Crippen molar-refractivity contribution in [3.8, 4) is 11.5 Å². The molecule has 4 rings (SSSR count). The number of Topliss-reactive ketones (excluding diaryl/α,β-unsaturated/α-hetero) is 2. The normalized spacial score (nSPS) is 20.4. The van der Waals surface area contributed by atoms with Gasteiger partial charge < -0.3 is 14.4 Å². The molecule has 28 heavy (non-hydrogen) atoms. The smallest absolute Gasteiger partial charge is 0.174 e. The monoisotopic (exact) mass is 493 g/mol. The van der Waals surface area contributed by atoms with E-state index in [1.165, 1.54) is 0 Å². The molecule has 0 atom stereocenters. The molecule has 0 fully saturated rings. The summed E-state index contributed by atoms with van der Waals surface area (Å²) < 4.78 is 11.9. The lowest BCUT2D eigenvalue weighted by Crippen LogP contribution is -2.37. The fraction of sp³-hybridized carbons (Fsp3) is 0.455. The van der Waals surface area contributed by atoms with Crippen molar-refractivity contribution in [1.29, 1.82) is 0 Å². The Bertz CT molecular complexity index is 887. The van der Waals surface area contributed by atoms with Crippen molar-refractivity contribution in [3.05, 3.63) is 43.8 Å². The molecule has 1 heterocycles. The lowest BCUT2D eigenvalue weighted by Gasteiger charge is -2.42. The van der Waals surface area contributed by atoms with E-state index in [9.17, 15) is 9.59 Å². The largest absolute Gasteiger partial charge is 0.493 e. The molecule has 3 aliphatic rings. The Hall–Kier alpha value is -1.83. The van der Waals surface area contributed by atoms with Gasteiger partial charge in [-0.05, 0) is 66.0 Å². The van der Waals surface area contributed by atoms with Crippen LogP contribution in [0.25, 0.3) is 0 Å². The minimum Gasteiger partial charge on any atom is -0.493 e. The standard InChI is InChI=1S/C22H24INO4/c1-24-14-6-4-8-16(25)20(14)19(21-15(24)7-5-9-17(21)26)12-10-13(23)22(28-3)18(11-12)27-2/h10-11,19H,4-9H2,1-3H3. The van der Waals surface area contributed by atoms with E-state index in [2.05, 4.69) is 27.5 Å². The van der Waals surface area contributed by atoms with Crippen molar-refractivity contribution in [2.75, 3.05) is 21.3 Å². The highest BCUT2D eigenvalue weighted by Gasteiger charge is 2.42. The summed E-state index contributed by atoms with van der Waals surface area (Å²) in [6.45, 7) is 0. The molecule has 0 N–H and O–H groups in total. The molecule has 1 aromatic rings. The second-order valence-electron chi connectivity index (χ2n) is 7.50. The van der Waals surface area contributed by atoms with Crippen LogP contribution in [0.4, 0.5) is 0 Å². The number of allylic oxidation sites excluding steroid dienone is 4. The third-order valence-corrected chi connectivity index (χ3v) is 6.84. The van der Waals surface area contributed by atoms with Crippen molar-refractivity contribution in [2.45, 2.75) is 44.4 Å². The summed E-state index contributed by atoms with van der Waals surface area (Å²) >= 11 is 2.22. The van der Waals surface area contributed by atoms with Gasteiger partial charge in [-0.25, -0.2) is 0 Å². The molecule has 0 unspecified atom stereocenters. The van der Waals surface area contributed by atoms with E-state index in [0.29, 0.717) is 24.3 Å². The van der Waals surface area contributed by atoms with Gasteiger partial charge in [0, 0.05) is 48.3 Å². The first kappa shape index (κ1) is 19.5. The van der Waals surface area contributed by atoms with Gasteiger partial charge in [0.1, 0.15) is 0 Å². The molecule has 5 nitrogen and oxygen atoms in total. The van der Waals surface area contributed by atoms with Crippen LogP contribution in [0.5, 0.6) is 11.5 Å². The minimum atomic E-state index is -0.310. The summed E-state index contributed by atoms with van der Waals surface area (Å²) in [6.07, 6.45) is 4.59. The zero-order chi connectivity index (χ0) is 20.0. The highest BCUT2D eigenvalue weighted by molar-refractivity contribution is 14.1. The quantitative estimate of drug-likeness (QED) is 0.587. The van der Waals surface area contributed by atoms with E-state index in [0.717, 1.165) is 57.4 Å². The van der Waals surface area contributed by atoms with Crippen LogP contribution in [-0.4, -0.2) is 37.7 Å². The summed E-state index contributed by atoms with van der Waals surface area (Å²) in [5.74, 6) is 1.31. The Morgan fingerprint density at radius 3 is 2.00 bits per heavy atom. The number of nitrogens with zero attached hydrogens (tertiary/aromatic N) is 1. The molecule has 0 radical (unpaired) electrons. The molecule has 0 saturated heterocycles. The highest BCUT2D eigenvalue weighted by Crippen LogP contribution is 2.50. The molecule has 0 saturated carbocycles. The van der Waals surface area contributed by atoms with E-state index in [1.807, 2.05) is 19.2 Å². The van der Waals surface area contributed by atoms with Crippen molar-refractivity contribution in [1.82, 2.24) is 4.90 Å². The first-order valence-corrected chi connectivity index (χ1v) is 10.7. The molecular weight excluding hydrogens is 469 g/mol. The second kappa shape index (κ2) is 7.54. The van der Waals surface area contributed by atoms with Crippen molar-refractivity contribution < 1.29 is 19.1 Å². The maximum atomic E-state index is 13.0. The van der Waals surface area contributed by atoms with Crippen LogP contribution < -0.4 is 9.47 Å². The lowest BCUT2D eigenvalue weighted by atomic mass is 9.71. The fourth-order valence-electron chi connectivity index (χ4n) is 4.79. The van der Waals surface area contributed by atoms with Crippen molar-refractivity contribution in [3.63, 3.8) is 0 Å². The average Bonchev–Trinajstić information content (AvgIpc) is 2.69. The van der Waals surface area contributed by atoms with Crippen LogP contribution in [0.15, 0.2) is 34.7 Å². The van der Waals surface area contributed by atoms with Gasteiger partial charge in [-0.2, -0.15) is 0 Å². The van der Waals surface area contributed by atoms with Crippen molar-refractivity contribution in [2.24, 2.45) is 0 Å². The van der Waals surface area contributed by atoms with Crippen LogP contribution >= 0.6 is 22.6 Å². The molecule has 1 aliphatic heterocycles. The predicted molar refractivity (Wildman–Crippen MR) is 115 cm³/mol. The van der Waals surface area contributed by atoms with Gasteiger partial charge in [-0.1, -0.05) is 0 Å². The molecule has 0 bridgehead atoms. The Balaban J connectivity index is 1.97. The summed E-state index contributed by atoms with van der Waals surface area (Å²) in [6, 6.07) is 3.95. The number of carbonyl (C=O) groups excluding carboxylic acids is 2. The molecule has 148 valence electrons. The minimum absolute atomic E-state index is 0.160. The van der Waals surface area contributed by atoms with Gasteiger partial charge in [0.15, 0.2) is 23.1 Å². The van der Waals surface area contributed by atoms with Gasteiger partial charge in [0.05, 0.1) is 17.8 Å². The highest BCUT2D eigenvalue weighted by atomic mass is 127. The van der Waals surface area contributed by atoms with Crippen LogP contribution in [0.3, 0.4) is 0 Å². The van der Waals surface area contributed by atoms with Crippen LogP contribution in [0.2, 0.25) is 0 Å². The predicted octanol–water partition coefficient (Wildman–Crippen LogP) is 4.35. The number of ether oxygens (including phenoxy) is 2. The lowest BCUT2D eigenvalue weighted by molar-refractivity contribution is -0.117. The molecule has 2 aliphatic carbocycles. The first-order valence-electron chi connectivity index (χ1n) is 9.65. The summed E-state index contributed by atoms with van der Waals surface area (Å²) in [4.78, 5) is 28.2. The number of halogens is 1. The number of hydrogen-bond acceptors (Lipinski definition) is 5. The first-order chi connectivity index (χ1) is 13.5. The zero-order valence-corrected chi connectivity index (χ0v) is 18.6. The SMILES string of the molecule is COc1cc(C2C3=C(CCCC3=O)N(C)C3=C2C(=O)CCC3)cc(I)c1OC. The van der Waals surface area contributed by atoms with E-state index in [-0.39, 0.29) is 17.5 Å². The van der Waals surface area contributed by atoms with Gasteiger partial charge in [-0.15, -0.1) is 0 Å². The summed E-state index contributed by atoms with van der Waals surface area (Å²) in [5.41, 5.74) is 4.69. The van der Waals surface area contributed by atoms with Gasteiger partial charge in [0.2, 0.25) is 0 Å². The molecule has 1 aromatic carbocycles. The Morgan fingerprint density at radius 1 is 0.929 bits per heavy atom. The molecular formula is C22H24INO4. The zero-order valence-electron chi connectivity index (χ0n) is 16.4. The van der Waals surface area contributed by atoms with Gasteiger partial charge >= 0.3 is 0 Å². The Morgan fingerprint density at radius 2 is 1.50 bits per heavy atom. The molecule has 0 spiro atoms. The topological polar surface area (TPSA) is 55.8 Å². The summed E-state index contributed by atoms with van der Waals surface area (Å²) in [7, 11) is 5.24.